The minimum atomic E-state index is -0.580. The maximum Gasteiger partial charge on any atom is 0.241 e. The summed E-state index contributed by atoms with van der Waals surface area (Å²) in [5, 5.41) is 2.83. The first-order valence-electron chi connectivity index (χ1n) is 6.11. The normalized spacial score (nSPS) is 11.9. The van der Waals surface area contributed by atoms with Gasteiger partial charge in [0.25, 0.3) is 0 Å². The van der Waals surface area contributed by atoms with Crippen molar-refractivity contribution in [2.24, 2.45) is 5.73 Å². The number of amides is 1. The zero-order valence-electron chi connectivity index (χ0n) is 10.6. The number of halogens is 2. The predicted molar refractivity (Wildman–Crippen MR) is 88.6 cm³/mol. The van der Waals surface area contributed by atoms with Crippen molar-refractivity contribution < 1.29 is 4.79 Å². The first-order valence-corrected chi connectivity index (χ1v) is 7.70. The van der Waals surface area contributed by atoms with Crippen LogP contribution in [0, 0.1) is 0 Å². The Morgan fingerprint density at radius 3 is 2.55 bits per heavy atom. The van der Waals surface area contributed by atoms with E-state index in [0.29, 0.717) is 12.1 Å². The van der Waals surface area contributed by atoms with Crippen LogP contribution in [-0.2, 0) is 11.2 Å². The van der Waals surface area contributed by atoms with Gasteiger partial charge in [-0.3, -0.25) is 4.79 Å². The molecule has 1 amide bonds. The summed E-state index contributed by atoms with van der Waals surface area (Å²) in [7, 11) is 0. The molecule has 20 heavy (non-hydrogen) atoms. The van der Waals surface area contributed by atoms with E-state index in [0.717, 1.165) is 14.5 Å². The molecule has 2 rings (SSSR count). The van der Waals surface area contributed by atoms with Crippen molar-refractivity contribution in [1.29, 1.82) is 0 Å². The van der Waals surface area contributed by atoms with Gasteiger partial charge in [0, 0.05) is 8.95 Å². The van der Waals surface area contributed by atoms with Crippen molar-refractivity contribution in [3.05, 3.63) is 63.0 Å². The van der Waals surface area contributed by atoms with E-state index in [1.807, 2.05) is 48.5 Å². The second kappa shape index (κ2) is 7.02. The highest BCUT2D eigenvalue weighted by molar-refractivity contribution is 9.11. The lowest BCUT2D eigenvalue weighted by Crippen LogP contribution is -2.37. The minimum absolute atomic E-state index is 0.201. The highest BCUT2D eigenvalue weighted by Crippen LogP contribution is 2.26. The molecule has 0 saturated carbocycles. The molecule has 0 fully saturated rings. The van der Waals surface area contributed by atoms with Gasteiger partial charge in [-0.2, -0.15) is 0 Å². The Kier molecular flexibility index (Phi) is 5.34. The van der Waals surface area contributed by atoms with Gasteiger partial charge in [0.2, 0.25) is 5.91 Å². The van der Waals surface area contributed by atoms with Crippen LogP contribution in [0.3, 0.4) is 0 Å². The molecule has 0 radical (unpaired) electrons. The first kappa shape index (κ1) is 15.2. The van der Waals surface area contributed by atoms with Gasteiger partial charge in [0.15, 0.2) is 0 Å². The zero-order valence-corrected chi connectivity index (χ0v) is 13.8. The van der Waals surface area contributed by atoms with Crippen LogP contribution < -0.4 is 11.1 Å². The third-order valence-electron chi connectivity index (χ3n) is 2.82. The quantitative estimate of drug-likeness (QED) is 0.825. The summed E-state index contributed by atoms with van der Waals surface area (Å²) in [6, 6.07) is 14.7. The number of anilines is 1. The second-order valence-corrected chi connectivity index (χ2v) is 6.18. The highest BCUT2D eigenvalue weighted by Gasteiger charge is 2.15. The third kappa shape index (κ3) is 4.16. The number of carbonyl (C=O) groups is 1. The lowest BCUT2D eigenvalue weighted by atomic mass is 10.1. The van der Waals surface area contributed by atoms with Gasteiger partial charge in [-0.05, 0) is 46.1 Å². The molecule has 0 bridgehead atoms. The van der Waals surface area contributed by atoms with Crippen LogP contribution in [0.4, 0.5) is 5.69 Å². The maximum atomic E-state index is 12.1. The number of benzene rings is 2. The zero-order chi connectivity index (χ0) is 14.5. The summed E-state index contributed by atoms with van der Waals surface area (Å²) in [6.07, 6.45) is 0.512. The van der Waals surface area contributed by atoms with Crippen LogP contribution in [0.15, 0.2) is 57.5 Å². The van der Waals surface area contributed by atoms with E-state index in [9.17, 15) is 4.79 Å². The summed E-state index contributed by atoms with van der Waals surface area (Å²) in [5.41, 5.74) is 7.69. The fourth-order valence-corrected chi connectivity index (χ4v) is 2.49. The van der Waals surface area contributed by atoms with Crippen molar-refractivity contribution >= 4 is 43.5 Å². The van der Waals surface area contributed by atoms with E-state index in [2.05, 4.69) is 37.2 Å². The Balaban J connectivity index is 2.02. The molecule has 0 aromatic heterocycles. The van der Waals surface area contributed by atoms with Gasteiger partial charge in [-0.1, -0.05) is 46.3 Å². The summed E-state index contributed by atoms with van der Waals surface area (Å²) in [5.74, 6) is -0.201. The summed E-state index contributed by atoms with van der Waals surface area (Å²) >= 11 is 6.77. The Morgan fingerprint density at radius 1 is 1.15 bits per heavy atom. The number of nitrogens with one attached hydrogen (secondary N) is 1. The SMILES string of the molecule is N[C@@H](Cc1ccccc1)C(=O)Nc1cc(Br)ccc1Br. The number of hydrogen-bond acceptors (Lipinski definition) is 2. The summed E-state index contributed by atoms with van der Waals surface area (Å²) in [6.45, 7) is 0. The molecule has 104 valence electrons. The summed E-state index contributed by atoms with van der Waals surface area (Å²) in [4.78, 5) is 12.1. The number of nitrogens with two attached hydrogens (primary N) is 1. The largest absolute Gasteiger partial charge is 0.324 e. The van der Waals surface area contributed by atoms with Gasteiger partial charge in [-0.15, -0.1) is 0 Å². The molecule has 0 aliphatic rings. The van der Waals surface area contributed by atoms with Crippen molar-refractivity contribution in [3.8, 4) is 0 Å². The lowest BCUT2D eigenvalue weighted by molar-refractivity contribution is -0.117. The van der Waals surface area contributed by atoms with Crippen molar-refractivity contribution in [3.63, 3.8) is 0 Å². The molecular formula is C15H14Br2N2O. The molecular weight excluding hydrogens is 384 g/mol. The Labute approximate surface area is 134 Å². The first-order chi connectivity index (χ1) is 9.56. The van der Waals surface area contributed by atoms with Crippen LogP contribution in [-0.4, -0.2) is 11.9 Å². The van der Waals surface area contributed by atoms with Crippen LogP contribution in [0.5, 0.6) is 0 Å². The highest BCUT2D eigenvalue weighted by atomic mass is 79.9. The molecule has 3 nitrogen and oxygen atoms in total. The minimum Gasteiger partial charge on any atom is -0.324 e. The number of carbonyl (C=O) groups excluding carboxylic acids is 1. The van der Waals surface area contributed by atoms with E-state index in [4.69, 9.17) is 5.73 Å². The Hall–Kier alpha value is -1.17. The Morgan fingerprint density at radius 2 is 1.85 bits per heavy atom. The van der Waals surface area contributed by atoms with E-state index < -0.39 is 6.04 Å². The third-order valence-corrected chi connectivity index (χ3v) is 4.01. The molecule has 0 unspecified atom stereocenters. The van der Waals surface area contributed by atoms with Gasteiger partial charge in [0.1, 0.15) is 0 Å². The van der Waals surface area contributed by atoms with Crippen LogP contribution in [0.2, 0.25) is 0 Å². The summed E-state index contributed by atoms with van der Waals surface area (Å²) < 4.78 is 1.72. The molecule has 0 aliphatic carbocycles. The van der Waals surface area contributed by atoms with E-state index in [-0.39, 0.29) is 5.91 Å². The number of rotatable bonds is 4. The Bertz CT molecular complexity index is 602. The molecule has 0 saturated heterocycles. The topological polar surface area (TPSA) is 55.1 Å². The van der Waals surface area contributed by atoms with Crippen LogP contribution >= 0.6 is 31.9 Å². The lowest BCUT2D eigenvalue weighted by Gasteiger charge is -2.13. The van der Waals surface area contributed by atoms with Crippen molar-refractivity contribution in [1.82, 2.24) is 0 Å². The molecule has 1 atom stereocenters. The second-order valence-electron chi connectivity index (χ2n) is 4.41. The van der Waals surface area contributed by atoms with E-state index in [1.54, 1.807) is 0 Å². The average molecular weight is 398 g/mol. The molecule has 0 spiro atoms. The molecule has 5 heteroatoms. The predicted octanol–water partition coefficient (Wildman–Crippen LogP) is 3.72. The van der Waals surface area contributed by atoms with Crippen LogP contribution in [0.25, 0.3) is 0 Å². The van der Waals surface area contributed by atoms with E-state index in [1.165, 1.54) is 0 Å². The molecule has 0 aliphatic heterocycles. The fraction of sp³-hybridized carbons (Fsp3) is 0.133. The van der Waals surface area contributed by atoms with Crippen LogP contribution in [0.1, 0.15) is 5.56 Å². The average Bonchev–Trinajstić information content (AvgIpc) is 2.44. The fourth-order valence-electron chi connectivity index (χ4n) is 1.78. The molecule has 2 aromatic rings. The van der Waals surface area contributed by atoms with Gasteiger partial charge < -0.3 is 11.1 Å². The van der Waals surface area contributed by atoms with Gasteiger partial charge in [0.05, 0.1) is 11.7 Å². The molecule has 3 N–H and O–H groups in total. The number of hydrogen-bond donors (Lipinski definition) is 2. The van der Waals surface area contributed by atoms with Crippen molar-refractivity contribution in [2.45, 2.75) is 12.5 Å². The molecule has 2 aromatic carbocycles. The van der Waals surface area contributed by atoms with Gasteiger partial charge >= 0.3 is 0 Å². The standard InChI is InChI=1S/C15H14Br2N2O/c16-11-6-7-12(17)14(9-11)19-15(20)13(18)8-10-4-2-1-3-5-10/h1-7,9,13H,8,18H2,(H,19,20)/t13-/m0/s1. The van der Waals surface area contributed by atoms with Crippen molar-refractivity contribution in [2.75, 3.05) is 5.32 Å². The monoisotopic (exact) mass is 396 g/mol. The smallest absolute Gasteiger partial charge is 0.241 e. The molecule has 0 heterocycles. The maximum absolute atomic E-state index is 12.1. The van der Waals surface area contributed by atoms with Gasteiger partial charge in [-0.25, -0.2) is 0 Å². The van der Waals surface area contributed by atoms with E-state index >= 15 is 0 Å².